The predicted octanol–water partition coefficient (Wildman–Crippen LogP) is 1.79. The highest BCUT2D eigenvalue weighted by molar-refractivity contribution is 7.89. The molecule has 8 nitrogen and oxygen atoms in total. The van der Waals surface area contributed by atoms with Gasteiger partial charge in [-0.1, -0.05) is 6.07 Å². The lowest BCUT2D eigenvalue weighted by Crippen LogP contribution is -2.28. The molecule has 1 aliphatic rings. The van der Waals surface area contributed by atoms with E-state index in [1.807, 2.05) is 18.2 Å². The molecule has 3 rings (SSSR count). The fourth-order valence-electron chi connectivity index (χ4n) is 2.72. The van der Waals surface area contributed by atoms with Crippen molar-refractivity contribution < 1.29 is 27.4 Å². The number of nitrogens with one attached hydrogen (secondary N) is 1. The quantitative estimate of drug-likeness (QED) is 0.622. The summed E-state index contributed by atoms with van der Waals surface area (Å²) in [6.07, 6.45) is 0.960. The fourth-order valence-corrected chi connectivity index (χ4v) is 3.62. The lowest BCUT2D eigenvalue weighted by atomic mass is 10.1. The van der Waals surface area contributed by atoms with Gasteiger partial charge in [-0.25, -0.2) is 12.7 Å². The van der Waals surface area contributed by atoms with Gasteiger partial charge < -0.3 is 19.5 Å². The van der Waals surface area contributed by atoms with Crippen LogP contribution in [0.1, 0.15) is 12.0 Å². The minimum atomic E-state index is -3.46. The number of carbonyl (C=O) groups excluding carboxylic acids is 1. The Morgan fingerprint density at radius 2 is 1.83 bits per heavy atom. The Morgan fingerprint density at radius 3 is 2.55 bits per heavy atom. The number of benzene rings is 2. The second-order valence-electron chi connectivity index (χ2n) is 6.64. The SMILES string of the molecule is CN(C)S(=O)(=O)c1ccc(OCCNC(=O)CCc2ccc3c(c2)OCO3)cc1. The first-order chi connectivity index (χ1) is 13.9. The van der Waals surface area contributed by atoms with E-state index in [1.54, 1.807) is 12.1 Å². The van der Waals surface area contributed by atoms with Gasteiger partial charge in [-0.3, -0.25) is 4.79 Å². The number of nitrogens with zero attached hydrogens (tertiary/aromatic N) is 1. The summed E-state index contributed by atoms with van der Waals surface area (Å²) in [7, 11) is -0.495. The van der Waals surface area contributed by atoms with E-state index in [2.05, 4.69) is 5.32 Å². The first kappa shape index (κ1) is 20.9. The summed E-state index contributed by atoms with van der Waals surface area (Å²) in [6, 6.07) is 11.8. The van der Waals surface area contributed by atoms with Crippen molar-refractivity contribution in [1.29, 1.82) is 0 Å². The van der Waals surface area contributed by atoms with Crippen LogP contribution in [-0.4, -0.2) is 52.7 Å². The molecule has 9 heteroatoms. The van der Waals surface area contributed by atoms with E-state index in [0.29, 0.717) is 30.9 Å². The molecule has 0 bridgehead atoms. The van der Waals surface area contributed by atoms with Gasteiger partial charge in [0.05, 0.1) is 11.4 Å². The smallest absolute Gasteiger partial charge is 0.242 e. The topological polar surface area (TPSA) is 94.2 Å². The van der Waals surface area contributed by atoms with Gasteiger partial charge in [-0.15, -0.1) is 0 Å². The van der Waals surface area contributed by atoms with Crippen LogP contribution < -0.4 is 19.5 Å². The molecule has 156 valence electrons. The van der Waals surface area contributed by atoms with Crippen molar-refractivity contribution >= 4 is 15.9 Å². The maximum absolute atomic E-state index is 12.0. The minimum absolute atomic E-state index is 0.0707. The normalized spacial score (nSPS) is 12.8. The monoisotopic (exact) mass is 420 g/mol. The van der Waals surface area contributed by atoms with Crippen LogP contribution in [0.4, 0.5) is 0 Å². The highest BCUT2D eigenvalue weighted by Gasteiger charge is 2.16. The molecule has 0 aromatic heterocycles. The number of sulfonamides is 1. The number of hydrogen-bond acceptors (Lipinski definition) is 6. The van der Waals surface area contributed by atoms with Crippen molar-refractivity contribution in [3.63, 3.8) is 0 Å². The number of ether oxygens (including phenoxy) is 3. The van der Waals surface area contributed by atoms with Crippen LogP contribution in [0.15, 0.2) is 47.4 Å². The Kier molecular flexibility index (Phi) is 6.60. The van der Waals surface area contributed by atoms with E-state index in [9.17, 15) is 13.2 Å². The van der Waals surface area contributed by atoms with Gasteiger partial charge in [0.1, 0.15) is 12.4 Å². The molecule has 0 saturated heterocycles. The minimum Gasteiger partial charge on any atom is -0.492 e. The van der Waals surface area contributed by atoms with E-state index < -0.39 is 10.0 Å². The molecule has 0 fully saturated rings. The van der Waals surface area contributed by atoms with Crippen molar-refractivity contribution in [1.82, 2.24) is 9.62 Å². The van der Waals surface area contributed by atoms with Gasteiger partial charge >= 0.3 is 0 Å². The highest BCUT2D eigenvalue weighted by atomic mass is 32.2. The van der Waals surface area contributed by atoms with Crippen molar-refractivity contribution in [3.8, 4) is 17.2 Å². The Morgan fingerprint density at radius 1 is 1.10 bits per heavy atom. The summed E-state index contributed by atoms with van der Waals surface area (Å²) in [4.78, 5) is 12.2. The van der Waals surface area contributed by atoms with Crippen molar-refractivity contribution in [3.05, 3.63) is 48.0 Å². The average Bonchev–Trinajstić information content (AvgIpc) is 3.18. The Bertz CT molecular complexity index is 957. The number of amides is 1. The van der Waals surface area contributed by atoms with Crippen LogP contribution in [0.2, 0.25) is 0 Å². The van der Waals surface area contributed by atoms with Crippen molar-refractivity contribution in [2.45, 2.75) is 17.7 Å². The fraction of sp³-hybridized carbons (Fsp3) is 0.350. The van der Waals surface area contributed by atoms with E-state index in [1.165, 1.54) is 26.2 Å². The van der Waals surface area contributed by atoms with Gasteiger partial charge in [-0.2, -0.15) is 0 Å². The number of fused-ring (bicyclic) bond motifs is 1. The summed E-state index contributed by atoms with van der Waals surface area (Å²) >= 11 is 0. The lowest BCUT2D eigenvalue weighted by molar-refractivity contribution is -0.121. The molecule has 0 aliphatic carbocycles. The molecule has 0 radical (unpaired) electrons. The Labute approximate surface area is 170 Å². The molecule has 2 aromatic rings. The predicted molar refractivity (Wildman–Crippen MR) is 107 cm³/mol. The summed E-state index contributed by atoms with van der Waals surface area (Å²) in [5.41, 5.74) is 1.01. The number of aryl methyl sites for hydroxylation is 1. The Balaban J connectivity index is 1.37. The highest BCUT2D eigenvalue weighted by Crippen LogP contribution is 2.32. The number of carbonyl (C=O) groups is 1. The molecular weight excluding hydrogens is 396 g/mol. The maximum atomic E-state index is 12.0. The van der Waals surface area contributed by atoms with Gasteiger partial charge in [-0.05, 0) is 48.4 Å². The summed E-state index contributed by atoms with van der Waals surface area (Å²) in [5.74, 6) is 1.90. The van der Waals surface area contributed by atoms with E-state index in [-0.39, 0.29) is 24.2 Å². The molecule has 1 amide bonds. The van der Waals surface area contributed by atoms with E-state index >= 15 is 0 Å². The molecule has 0 saturated carbocycles. The molecule has 1 heterocycles. The second-order valence-corrected chi connectivity index (χ2v) is 8.80. The zero-order valence-electron chi connectivity index (χ0n) is 16.4. The van der Waals surface area contributed by atoms with Gasteiger partial charge in [0.15, 0.2) is 11.5 Å². The van der Waals surface area contributed by atoms with Crippen LogP contribution in [0.25, 0.3) is 0 Å². The molecule has 0 spiro atoms. The lowest BCUT2D eigenvalue weighted by Gasteiger charge is -2.12. The first-order valence-electron chi connectivity index (χ1n) is 9.17. The summed E-state index contributed by atoms with van der Waals surface area (Å²) in [5, 5.41) is 2.80. The first-order valence-corrected chi connectivity index (χ1v) is 10.6. The van der Waals surface area contributed by atoms with E-state index in [4.69, 9.17) is 14.2 Å². The molecule has 0 atom stereocenters. The molecule has 29 heavy (non-hydrogen) atoms. The number of rotatable bonds is 9. The largest absolute Gasteiger partial charge is 0.492 e. The molecule has 1 N–H and O–H groups in total. The van der Waals surface area contributed by atoms with Crippen LogP contribution in [0.3, 0.4) is 0 Å². The molecular formula is C20H24N2O6S. The third-order valence-corrected chi connectivity index (χ3v) is 6.20. The van der Waals surface area contributed by atoms with Crippen molar-refractivity contribution in [2.75, 3.05) is 34.0 Å². The maximum Gasteiger partial charge on any atom is 0.242 e. The van der Waals surface area contributed by atoms with Gasteiger partial charge in [0.25, 0.3) is 0 Å². The van der Waals surface area contributed by atoms with Crippen LogP contribution in [0, 0.1) is 0 Å². The molecule has 1 aliphatic heterocycles. The van der Waals surface area contributed by atoms with Gasteiger partial charge in [0.2, 0.25) is 22.7 Å². The zero-order chi connectivity index (χ0) is 20.9. The van der Waals surface area contributed by atoms with Crippen LogP contribution >= 0.6 is 0 Å². The van der Waals surface area contributed by atoms with Crippen LogP contribution in [0.5, 0.6) is 17.2 Å². The van der Waals surface area contributed by atoms with E-state index in [0.717, 1.165) is 15.6 Å². The van der Waals surface area contributed by atoms with Crippen LogP contribution in [-0.2, 0) is 21.2 Å². The Hall–Kier alpha value is -2.78. The third-order valence-electron chi connectivity index (χ3n) is 4.37. The molecule has 0 unspecified atom stereocenters. The van der Waals surface area contributed by atoms with Crippen molar-refractivity contribution in [2.24, 2.45) is 0 Å². The summed E-state index contributed by atoms with van der Waals surface area (Å²) < 4.78 is 41.3. The van der Waals surface area contributed by atoms with Gasteiger partial charge in [0, 0.05) is 20.5 Å². The summed E-state index contributed by atoms with van der Waals surface area (Å²) in [6.45, 7) is 0.876. The zero-order valence-corrected chi connectivity index (χ0v) is 17.2. The molecule has 2 aromatic carbocycles. The standard InChI is InChI=1S/C20H24N2O6S/c1-22(2)29(24,25)17-7-5-16(6-8-17)26-12-11-21-20(23)10-4-15-3-9-18-19(13-15)28-14-27-18/h3,5-9,13H,4,10-12,14H2,1-2H3,(H,21,23). The third kappa shape index (κ3) is 5.39. The average molecular weight is 420 g/mol. The second kappa shape index (κ2) is 9.15. The number of hydrogen-bond donors (Lipinski definition) is 1.